The van der Waals surface area contributed by atoms with Crippen LogP contribution in [0.4, 0.5) is 18.0 Å². The Morgan fingerprint density at radius 1 is 0.958 bits per heavy atom. The van der Waals surface area contributed by atoms with Crippen molar-refractivity contribution in [3.05, 3.63) is 12.3 Å². The minimum atomic E-state index is -4.66. The molecule has 0 spiro atoms. The number of carbonyl (C=O) groups is 5. The third-order valence-corrected chi connectivity index (χ3v) is 10.6. The van der Waals surface area contributed by atoms with Gasteiger partial charge in [-0.15, -0.1) is 0 Å². The van der Waals surface area contributed by atoms with Gasteiger partial charge in [-0.2, -0.15) is 17.5 Å². The molecule has 0 bridgehead atoms. The van der Waals surface area contributed by atoms with Gasteiger partial charge >= 0.3 is 18.1 Å². The number of hydrogen-bond acceptors (Lipinski definition) is 7. The summed E-state index contributed by atoms with van der Waals surface area (Å²) < 4.78 is 65.5. The molecule has 3 unspecified atom stereocenters. The van der Waals surface area contributed by atoms with Crippen LogP contribution in [0.1, 0.15) is 74.7 Å². The van der Waals surface area contributed by atoms with Crippen molar-refractivity contribution in [1.29, 1.82) is 0 Å². The van der Waals surface area contributed by atoms with Crippen molar-refractivity contribution >= 4 is 39.6 Å². The zero-order valence-electron chi connectivity index (χ0n) is 29.2. The number of urea groups is 1. The zero-order chi connectivity index (χ0) is 37.0. The van der Waals surface area contributed by atoms with E-state index in [0.717, 1.165) is 7.05 Å². The van der Waals surface area contributed by atoms with Crippen LogP contribution in [0.2, 0.25) is 0 Å². The molecule has 0 saturated carbocycles. The Morgan fingerprint density at radius 3 is 2.02 bits per heavy atom. The molecule has 1 saturated heterocycles. The Hall–Kier alpha value is -3.05. The van der Waals surface area contributed by atoms with Crippen LogP contribution >= 0.6 is 0 Å². The van der Waals surface area contributed by atoms with Crippen LogP contribution in [-0.4, -0.2) is 98.5 Å². The molecule has 0 aromatic rings. The van der Waals surface area contributed by atoms with E-state index in [4.69, 9.17) is 0 Å². The maximum Gasteiger partial charge on any atom is 0.389 e. The molecule has 5 amide bonds. The quantitative estimate of drug-likeness (QED) is 0.187. The Bertz CT molecular complexity index is 1360. The second kappa shape index (κ2) is 15.7. The monoisotopic (exact) mass is 709 g/mol. The average molecular weight is 710 g/mol. The smallest absolute Gasteiger partial charge is 0.353 e. The SMILES string of the molecule is CNC(=O)C(=O)C(CCC(F)(F)F)NC(=O)[C@@H]1[C@@H](C(C)C)C=C[NH+]1C(=O)C(NC(=O)N[C@H](CN1CCCS1(=O)=O)C(C)(C)C)C(C)(C)C. The molecule has 274 valence electrons. The number of likely N-dealkylation sites (N-methyl/N-ethyl adjacent to an activating group) is 1. The van der Waals surface area contributed by atoms with Crippen LogP contribution < -0.4 is 26.2 Å². The first-order chi connectivity index (χ1) is 21.8. The summed E-state index contributed by atoms with van der Waals surface area (Å²) in [6.07, 6.45) is -3.40. The molecule has 2 rings (SSSR count). The average Bonchev–Trinajstić information content (AvgIpc) is 3.53. The predicted molar refractivity (Wildman–Crippen MR) is 172 cm³/mol. The fourth-order valence-electron chi connectivity index (χ4n) is 5.72. The van der Waals surface area contributed by atoms with Gasteiger partial charge in [0, 0.05) is 38.5 Å². The summed E-state index contributed by atoms with van der Waals surface area (Å²) in [7, 11) is -2.31. The van der Waals surface area contributed by atoms with E-state index < -0.39 is 99.5 Å². The summed E-state index contributed by atoms with van der Waals surface area (Å²) in [4.78, 5) is 66.1. The van der Waals surface area contributed by atoms with E-state index in [9.17, 15) is 45.6 Å². The number of quaternary nitrogens is 1. The molecule has 2 aliphatic heterocycles. The third-order valence-electron chi connectivity index (χ3n) is 8.70. The third kappa shape index (κ3) is 11.0. The number of alkyl halides is 3. The van der Waals surface area contributed by atoms with E-state index in [1.807, 2.05) is 20.8 Å². The standard InChI is InChI=1S/C31H51F3N6O7S/c1-18(2)19-12-15-40(22(19)25(42)36-20(11-13-31(32,33)34)23(41)26(43)35-9)27(44)24(30(6,7)8)38-28(45)37-21(29(3,4)5)17-39-14-10-16-48(39,46)47/h12,15,18-22,24H,10-11,13-14,16-17H2,1-9H3,(H,35,43)(H,36,42)(H2,37,38,45)/p+1/t19-,20?,21-,22+,24?/m1/s1. The van der Waals surface area contributed by atoms with E-state index in [-0.39, 0.29) is 23.1 Å². The van der Waals surface area contributed by atoms with Gasteiger partial charge in [0.2, 0.25) is 15.8 Å². The van der Waals surface area contributed by atoms with Gasteiger partial charge in [0.25, 0.3) is 11.8 Å². The van der Waals surface area contributed by atoms with Gasteiger partial charge < -0.3 is 21.3 Å². The van der Waals surface area contributed by atoms with Crippen LogP contribution in [0, 0.1) is 22.7 Å². The number of sulfonamides is 1. The highest BCUT2D eigenvalue weighted by molar-refractivity contribution is 7.89. The van der Waals surface area contributed by atoms with Crippen molar-refractivity contribution in [1.82, 2.24) is 25.6 Å². The second-order valence-electron chi connectivity index (χ2n) is 15.0. The molecule has 0 aliphatic carbocycles. The lowest BCUT2D eigenvalue weighted by atomic mass is 9.84. The molecule has 2 heterocycles. The lowest BCUT2D eigenvalue weighted by molar-refractivity contribution is -0.781. The van der Waals surface area contributed by atoms with Crippen LogP contribution in [0.3, 0.4) is 0 Å². The highest BCUT2D eigenvalue weighted by atomic mass is 32.2. The van der Waals surface area contributed by atoms with Crippen LogP contribution in [0.15, 0.2) is 12.3 Å². The maximum atomic E-state index is 14.2. The van der Waals surface area contributed by atoms with E-state index in [0.29, 0.717) is 13.0 Å². The molecule has 2 aliphatic rings. The number of rotatable bonds is 12. The normalized spacial score (nSPS) is 23.3. The highest BCUT2D eigenvalue weighted by Gasteiger charge is 2.50. The molecule has 48 heavy (non-hydrogen) atoms. The summed E-state index contributed by atoms with van der Waals surface area (Å²) in [5.41, 5.74) is -1.46. The molecule has 0 aromatic carbocycles. The highest BCUT2D eigenvalue weighted by Crippen LogP contribution is 2.26. The zero-order valence-corrected chi connectivity index (χ0v) is 30.0. The molecular formula is C31H52F3N6O7S+. The van der Waals surface area contributed by atoms with E-state index in [1.165, 1.54) is 10.5 Å². The fraction of sp³-hybridized carbons (Fsp3) is 0.774. The van der Waals surface area contributed by atoms with Gasteiger partial charge in [-0.3, -0.25) is 14.4 Å². The number of nitrogens with zero attached hydrogens (tertiary/aromatic N) is 1. The van der Waals surface area contributed by atoms with Crippen molar-refractivity contribution in [2.45, 2.75) is 105 Å². The molecule has 5 N–H and O–H groups in total. The Labute approximate surface area is 281 Å². The molecule has 1 fully saturated rings. The first kappa shape index (κ1) is 41.1. The molecule has 0 radical (unpaired) electrons. The second-order valence-corrected chi connectivity index (χ2v) is 17.1. The largest absolute Gasteiger partial charge is 0.389 e. The van der Waals surface area contributed by atoms with Gasteiger partial charge in [0.05, 0.1) is 18.0 Å². The lowest BCUT2D eigenvalue weighted by Gasteiger charge is -2.36. The van der Waals surface area contributed by atoms with E-state index in [1.54, 1.807) is 40.7 Å². The van der Waals surface area contributed by atoms with Crippen LogP contribution in [-0.2, 0) is 29.2 Å². The van der Waals surface area contributed by atoms with Gasteiger partial charge in [-0.1, -0.05) is 55.4 Å². The topological polar surface area (TPSA) is 175 Å². The summed E-state index contributed by atoms with van der Waals surface area (Å²) in [5, 5.41) is 9.91. The predicted octanol–water partition coefficient (Wildman–Crippen LogP) is 0.873. The molecule has 13 nitrogen and oxygen atoms in total. The number of Topliss-reactive ketones (excluding diaryl/α,β-unsaturated/α-hetero) is 1. The van der Waals surface area contributed by atoms with Crippen molar-refractivity contribution in [2.75, 3.05) is 25.9 Å². The summed E-state index contributed by atoms with van der Waals surface area (Å²) >= 11 is 0. The maximum absolute atomic E-state index is 14.2. The Morgan fingerprint density at radius 2 is 1.56 bits per heavy atom. The van der Waals surface area contributed by atoms with Gasteiger partial charge in [-0.05, 0) is 35.7 Å². The first-order valence-electron chi connectivity index (χ1n) is 16.1. The van der Waals surface area contributed by atoms with E-state index >= 15 is 0 Å². The summed E-state index contributed by atoms with van der Waals surface area (Å²) in [5.74, 6) is -4.71. The van der Waals surface area contributed by atoms with Crippen LogP contribution in [0.5, 0.6) is 0 Å². The van der Waals surface area contributed by atoms with Crippen molar-refractivity contribution < 1.29 is 50.5 Å². The number of amides is 5. The minimum absolute atomic E-state index is 0.0103. The number of ketones is 1. The van der Waals surface area contributed by atoms with Gasteiger partial charge in [0.15, 0.2) is 12.1 Å². The number of hydrogen-bond donors (Lipinski definition) is 5. The number of nitrogens with one attached hydrogen (secondary N) is 5. The Kier molecular flexibility index (Phi) is 13.4. The lowest BCUT2D eigenvalue weighted by Crippen LogP contribution is -3.16. The molecule has 0 aromatic heterocycles. The van der Waals surface area contributed by atoms with Gasteiger partial charge in [-0.25, -0.2) is 22.9 Å². The van der Waals surface area contributed by atoms with Crippen molar-refractivity contribution in [2.24, 2.45) is 22.7 Å². The molecule has 6 atom stereocenters. The molecule has 17 heteroatoms. The summed E-state index contributed by atoms with van der Waals surface area (Å²) in [6, 6.07) is -5.56. The Balaban J connectivity index is 2.36. The summed E-state index contributed by atoms with van der Waals surface area (Å²) in [6.45, 7) is 14.6. The fourth-order valence-corrected chi connectivity index (χ4v) is 7.26. The van der Waals surface area contributed by atoms with Crippen molar-refractivity contribution in [3.63, 3.8) is 0 Å². The number of carbonyl (C=O) groups excluding carboxylic acids is 5. The molecular weight excluding hydrogens is 657 g/mol. The first-order valence-corrected chi connectivity index (χ1v) is 17.7. The van der Waals surface area contributed by atoms with E-state index in [2.05, 4.69) is 21.3 Å². The van der Waals surface area contributed by atoms with Crippen LogP contribution in [0.25, 0.3) is 0 Å². The van der Waals surface area contributed by atoms with Gasteiger partial charge in [0.1, 0.15) is 0 Å². The minimum Gasteiger partial charge on any atom is -0.353 e. The number of halogens is 3. The van der Waals surface area contributed by atoms with Crippen molar-refractivity contribution in [3.8, 4) is 0 Å².